The van der Waals surface area contributed by atoms with Crippen molar-refractivity contribution in [2.24, 2.45) is 0 Å². The van der Waals surface area contributed by atoms with Gasteiger partial charge in [-0.05, 0) is 45.5 Å². The number of methoxy groups -OCH3 is 1. The zero-order chi connectivity index (χ0) is 18.3. The first-order valence-corrected chi connectivity index (χ1v) is 9.98. The van der Waals surface area contributed by atoms with E-state index in [9.17, 15) is 8.42 Å². The van der Waals surface area contributed by atoms with E-state index in [-0.39, 0.29) is 27.4 Å². The molecule has 138 valence electrons. The van der Waals surface area contributed by atoms with Crippen LogP contribution in [0.25, 0.3) is 0 Å². The van der Waals surface area contributed by atoms with Gasteiger partial charge in [-0.2, -0.15) is 0 Å². The van der Waals surface area contributed by atoms with Crippen LogP contribution in [0.4, 0.5) is 5.69 Å². The van der Waals surface area contributed by atoms with Crippen molar-refractivity contribution in [1.82, 2.24) is 9.62 Å². The highest BCUT2D eigenvalue weighted by atomic mass is 35.5. The van der Waals surface area contributed by atoms with E-state index >= 15 is 0 Å². The molecule has 0 aromatic heterocycles. The third kappa shape index (κ3) is 5.81. The molecule has 0 bridgehead atoms. The summed E-state index contributed by atoms with van der Waals surface area (Å²) in [5, 5.41) is 0.186. The van der Waals surface area contributed by atoms with Gasteiger partial charge in [0.1, 0.15) is 10.6 Å². The molecule has 1 atom stereocenters. The largest absolute Gasteiger partial charge is 0.495 e. The predicted molar refractivity (Wildman–Crippen MR) is 99.2 cm³/mol. The molecule has 1 aromatic carbocycles. The molecule has 0 saturated carbocycles. The topological polar surface area (TPSA) is 84.7 Å². The Morgan fingerprint density at radius 1 is 1.33 bits per heavy atom. The highest BCUT2D eigenvalue weighted by molar-refractivity contribution is 7.89. The van der Waals surface area contributed by atoms with E-state index in [0.717, 1.165) is 32.5 Å². The molecule has 1 unspecified atom stereocenters. The number of halogens is 1. The van der Waals surface area contributed by atoms with Gasteiger partial charge >= 0.3 is 0 Å². The Bertz CT molecular complexity index is 634. The van der Waals surface area contributed by atoms with Crippen LogP contribution in [0.1, 0.15) is 33.6 Å². The highest BCUT2D eigenvalue weighted by Gasteiger charge is 2.23. The summed E-state index contributed by atoms with van der Waals surface area (Å²) in [5.41, 5.74) is 5.98. The number of nitrogens with zero attached hydrogens (tertiary/aromatic N) is 1. The lowest BCUT2D eigenvalue weighted by Gasteiger charge is -2.20. The zero-order valence-electron chi connectivity index (χ0n) is 14.8. The van der Waals surface area contributed by atoms with Crippen LogP contribution in [0.5, 0.6) is 5.75 Å². The lowest BCUT2D eigenvalue weighted by Crippen LogP contribution is -2.34. The summed E-state index contributed by atoms with van der Waals surface area (Å²) >= 11 is 5.96. The fourth-order valence-electron chi connectivity index (χ4n) is 2.47. The lowest BCUT2D eigenvalue weighted by molar-refractivity contribution is 0.293. The van der Waals surface area contributed by atoms with Crippen molar-refractivity contribution in [1.29, 1.82) is 0 Å². The van der Waals surface area contributed by atoms with Crippen LogP contribution in [-0.4, -0.2) is 46.1 Å². The third-order valence-corrected chi connectivity index (χ3v) is 5.87. The molecule has 0 aliphatic heterocycles. The van der Waals surface area contributed by atoms with Crippen LogP contribution in [0.3, 0.4) is 0 Å². The molecule has 24 heavy (non-hydrogen) atoms. The normalized spacial score (nSPS) is 13.2. The Morgan fingerprint density at radius 3 is 2.50 bits per heavy atom. The van der Waals surface area contributed by atoms with Crippen LogP contribution >= 0.6 is 11.6 Å². The molecular weight excluding hydrogens is 350 g/mol. The Labute approximate surface area is 150 Å². The molecule has 8 heteroatoms. The van der Waals surface area contributed by atoms with E-state index in [0.29, 0.717) is 0 Å². The average Bonchev–Trinajstić information content (AvgIpc) is 2.53. The molecule has 0 heterocycles. The minimum absolute atomic E-state index is 0.000192. The maximum Gasteiger partial charge on any atom is 0.244 e. The number of hydrogen-bond donors (Lipinski definition) is 2. The Balaban J connectivity index is 2.77. The Hall–Kier alpha value is -1.02. The van der Waals surface area contributed by atoms with Crippen LogP contribution in [0, 0.1) is 0 Å². The van der Waals surface area contributed by atoms with Crippen molar-refractivity contribution in [2.45, 2.75) is 44.6 Å². The second-order valence-corrected chi connectivity index (χ2v) is 7.81. The minimum atomic E-state index is -3.73. The van der Waals surface area contributed by atoms with Gasteiger partial charge in [0.05, 0.1) is 17.8 Å². The van der Waals surface area contributed by atoms with Crippen molar-refractivity contribution in [3.63, 3.8) is 0 Å². The second kappa shape index (κ2) is 9.46. The van der Waals surface area contributed by atoms with E-state index in [1.807, 2.05) is 6.92 Å². The molecule has 1 rings (SSSR count). The van der Waals surface area contributed by atoms with Crippen LogP contribution < -0.4 is 15.2 Å². The number of anilines is 1. The fraction of sp³-hybridized carbons (Fsp3) is 0.625. The van der Waals surface area contributed by atoms with Crippen molar-refractivity contribution >= 4 is 27.3 Å². The Morgan fingerprint density at radius 2 is 1.96 bits per heavy atom. The molecule has 0 spiro atoms. The molecule has 0 amide bonds. The van der Waals surface area contributed by atoms with E-state index in [4.69, 9.17) is 22.1 Å². The monoisotopic (exact) mass is 377 g/mol. The number of nitrogens with one attached hydrogen (secondary N) is 1. The van der Waals surface area contributed by atoms with Crippen molar-refractivity contribution in [3.8, 4) is 5.75 Å². The molecule has 0 aliphatic carbocycles. The van der Waals surface area contributed by atoms with E-state index in [1.165, 1.54) is 19.2 Å². The average molecular weight is 378 g/mol. The summed E-state index contributed by atoms with van der Waals surface area (Å²) in [6.45, 7) is 9.04. The lowest BCUT2D eigenvalue weighted by atomic mass is 10.2. The molecule has 0 aliphatic rings. The first-order valence-electron chi connectivity index (χ1n) is 8.12. The summed E-state index contributed by atoms with van der Waals surface area (Å²) in [7, 11) is -2.33. The van der Waals surface area contributed by atoms with E-state index < -0.39 is 10.0 Å². The number of nitrogens with two attached hydrogens (primary N) is 1. The smallest absolute Gasteiger partial charge is 0.244 e. The predicted octanol–water partition coefficient (Wildman–Crippen LogP) is 2.72. The van der Waals surface area contributed by atoms with Crippen LogP contribution in [0.15, 0.2) is 17.0 Å². The van der Waals surface area contributed by atoms with Gasteiger partial charge in [0.2, 0.25) is 10.0 Å². The molecule has 1 aromatic rings. The van der Waals surface area contributed by atoms with E-state index in [2.05, 4.69) is 23.5 Å². The molecular formula is C16H28ClN3O3S. The van der Waals surface area contributed by atoms with Gasteiger partial charge in [0.25, 0.3) is 0 Å². The van der Waals surface area contributed by atoms with Crippen LogP contribution in [-0.2, 0) is 10.0 Å². The van der Waals surface area contributed by atoms with Gasteiger partial charge in [0.15, 0.2) is 0 Å². The summed E-state index contributed by atoms with van der Waals surface area (Å²) in [6.07, 6.45) is 1.67. The van der Waals surface area contributed by atoms with Gasteiger partial charge in [-0.3, -0.25) is 0 Å². The van der Waals surface area contributed by atoms with Crippen molar-refractivity contribution in [2.75, 3.05) is 32.5 Å². The van der Waals surface area contributed by atoms with Crippen LogP contribution in [0.2, 0.25) is 5.02 Å². The number of ether oxygens (including phenoxy) is 1. The van der Waals surface area contributed by atoms with Gasteiger partial charge in [-0.1, -0.05) is 25.4 Å². The standard InChI is InChI=1S/C16H28ClN3O3S/c1-5-20(6-2)9-7-8-12(3)19-24(21,22)16-10-13(17)14(18)11-15(16)23-4/h10-12,19H,5-9,18H2,1-4H3. The molecule has 0 saturated heterocycles. The maximum absolute atomic E-state index is 12.6. The summed E-state index contributed by atoms with van der Waals surface area (Å²) in [5.74, 6) is 0.180. The van der Waals surface area contributed by atoms with Gasteiger partial charge in [0, 0.05) is 12.1 Å². The number of nitrogen functional groups attached to an aromatic ring is 1. The highest BCUT2D eigenvalue weighted by Crippen LogP contribution is 2.32. The number of rotatable bonds is 10. The SMILES string of the molecule is CCN(CC)CCCC(C)NS(=O)(=O)c1cc(Cl)c(N)cc1OC. The first kappa shape index (κ1) is 21.0. The molecule has 0 fully saturated rings. The molecule has 6 nitrogen and oxygen atoms in total. The number of sulfonamides is 1. The van der Waals surface area contributed by atoms with Gasteiger partial charge < -0.3 is 15.4 Å². The first-order chi connectivity index (χ1) is 11.2. The Kier molecular flexibility index (Phi) is 8.29. The molecule has 3 N–H and O–H groups in total. The summed E-state index contributed by atoms with van der Waals surface area (Å²) in [4.78, 5) is 2.31. The second-order valence-electron chi connectivity index (χ2n) is 5.72. The van der Waals surface area contributed by atoms with E-state index in [1.54, 1.807) is 0 Å². The summed E-state index contributed by atoms with van der Waals surface area (Å²) in [6, 6.07) is 2.55. The van der Waals surface area contributed by atoms with Crippen molar-refractivity contribution in [3.05, 3.63) is 17.2 Å². The summed E-state index contributed by atoms with van der Waals surface area (Å²) < 4.78 is 33.0. The fourth-order valence-corrected chi connectivity index (χ4v) is 4.15. The van der Waals surface area contributed by atoms with Gasteiger partial charge in [-0.15, -0.1) is 0 Å². The quantitative estimate of drug-likeness (QED) is 0.612. The zero-order valence-corrected chi connectivity index (χ0v) is 16.4. The number of benzene rings is 1. The third-order valence-electron chi connectivity index (χ3n) is 3.93. The molecule has 0 radical (unpaired) electrons. The van der Waals surface area contributed by atoms with Crippen molar-refractivity contribution < 1.29 is 13.2 Å². The maximum atomic E-state index is 12.6. The van der Waals surface area contributed by atoms with Gasteiger partial charge in [-0.25, -0.2) is 13.1 Å². The minimum Gasteiger partial charge on any atom is -0.495 e. The number of hydrogen-bond acceptors (Lipinski definition) is 5.